The van der Waals surface area contributed by atoms with Gasteiger partial charge in [0.05, 0.1) is 23.6 Å². The summed E-state index contributed by atoms with van der Waals surface area (Å²) in [7, 11) is 1.59. The number of hydrogen-bond acceptors (Lipinski definition) is 6. The molecule has 0 aliphatic heterocycles. The van der Waals surface area contributed by atoms with Gasteiger partial charge in [-0.3, -0.25) is 9.59 Å². The SMILES string of the molecule is COCCNC(=O)c1ccc(Cc2nccc(-c3ccc(NC(=O)C4CC4)c(C#N)c3)n2)cc1. The van der Waals surface area contributed by atoms with Gasteiger partial charge < -0.3 is 15.4 Å². The van der Waals surface area contributed by atoms with E-state index in [-0.39, 0.29) is 17.7 Å². The maximum absolute atomic E-state index is 12.1. The average molecular weight is 456 g/mol. The molecular formula is C26H25N5O3. The van der Waals surface area contributed by atoms with E-state index in [2.05, 4.69) is 26.7 Å². The van der Waals surface area contributed by atoms with E-state index in [0.717, 1.165) is 24.0 Å². The fourth-order valence-electron chi connectivity index (χ4n) is 3.46. The number of nitrogens with one attached hydrogen (secondary N) is 2. The highest BCUT2D eigenvalue weighted by Gasteiger charge is 2.30. The zero-order valence-electron chi connectivity index (χ0n) is 18.9. The molecule has 1 aliphatic carbocycles. The minimum atomic E-state index is -0.146. The molecule has 2 aromatic carbocycles. The summed E-state index contributed by atoms with van der Waals surface area (Å²) in [5.41, 5.74) is 3.92. The van der Waals surface area contributed by atoms with Gasteiger partial charge in [-0.05, 0) is 48.7 Å². The molecule has 2 N–H and O–H groups in total. The Labute approximate surface area is 198 Å². The Kier molecular flexibility index (Phi) is 7.25. The van der Waals surface area contributed by atoms with Gasteiger partial charge >= 0.3 is 0 Å². The molecule has 1 heterocycles. The molecule has 2 amide bonds. The highest BCUT2D eigenvalue weighted by molar-refractivity contribution is 5.95. The predicted octanol–water partition coefficient (Wildman–Crippen LogP) is 3.33. The van der Waals surface area contributed by atoms with Crippen molar-refractivity contribution < 1.29 is 14.3 Å². The third-order valence-electron chi connectivity index (χ3n) is 5.52. The van der Waals surface area contributed by atoms with Crippen LogP contribution >= 0.6 is 0 Å². The lowest BCUT2D eigenvalue weighted by atomic mass is 10.1. The fraction of sp³-hybridized carbons (Fsp3) is 0.269. The maximum atomic E-state index is 12.1. The second-order valence-electron chi connectivity index (χ2n) is 8.12. The number of nitriles is 1. The predicted molar refractivity (Wildman–Crippen MR) is 127 cm³/mol. The van der Waals surface area contributed by atoms with Crippen molar-refractivity contribution in [3.05, 3.63) is 77.2 Å². The number of carbonyl (C=O) groups is 2. The van der Waals surface area contributed by atoms with Crippen molar-refractivity contribution in [3.63, 3.8) is 0 Å². The number of anilines is 1. The summed E-state index contributed by atoms with van der Waals surface area (Å²) in [6.07, 6.45) is 3.99. The smallest absolute Gasteiger partial charge is 0.251 e. The molecule has 0 spiro atoms. The van der Waals surface area contributed by atoms with Crippen LogP contribution in [0.1, 0.15) is 40.2 Å². The molecule has 1 saturated carbocycles. The first-order valence-corrected chi connectivity index (χ1v) is 11.1. The van der Waals surface area contributed by atoms with E-state index in [4.69, 9.17) is 4.74 Å². The van der Waals surface area contributed by atoms with Crippen LogP contribution in [0.25, 0.3) is 11.3 Å². The number of amides is 2. The van der Waals surface area contributed by atoms with Crippen LogP contribution in [0.3, 0.4) is 0 Å². The van der Waals surface area contributed by atoms with Crippen LogP contribution in [-0.2, 0) is 16.0 Å². The van der Waals surface area contributed by atoms with Crippen LogP contribution in [-0.4, -0.2) is 42.0 Å². The zero-order chi connectivity index (χ0) is 23.9. The highest BCUT2D eigenvalue weighted by atomic mass is 16.5. The van der Waals surface area contributed by atoms with Gasteiger partial charge in [-0.25, -0.2) is 9.97 Å². The lowest BCUT2D eigenvalue weighted by Crippen LogP contribution is -2.26. The van der Waals surface area contributed by atoms with Crippen LogP contribution in [0.15, 0.2) is 54.7 Å². The first-order valence-electron chi connectivity index (χ1n) is 11.1. The van der Waals surface area contributed by atoms with E-state index < -0.39 is 0 Å². The van der Waals surface area contributed by atoms with E-state index in [1.807, 2.05) is 18.2 Å². The summed E-state index contributed by atoms with van der Waals surface area (Å²) in [5.74, 6) is 0.508. The molecule has 0 radical (unpaired) electrons. The molecule has 1 fully saturated rings. The first-order chi connectivity index (χ1) is 16.6. The summed E-state index contributed by atoms with van der Waals surface area (Å²) in [4.78, 5) is 33.2. The number of carbonyl (C=O) groups excluding carboxylic acids is 2. The topological polar surface area (TPSA) is 117 Å². The second-order valence-corrected chi connectivity index (χ2v) is 8.12. The molecular weight excluding hydrogens is 430 g/mol. The standard InChI is InChI=1S/C26H25N5O3/c1-34-13-12-29-25(32)18-4-2-17(3-5-18)14-24-28-11-10-23(30-24)20-8-9-22(21(15-20)16-27)31-26(33)19-6-7-19/h2-5,8-11,15,19H,6-7,12-14H2,1H3,(H,29,32)(H,31,33). The van der Waals surface area contributed by atoms with Crippen molar-refractivity contribution in [2.45, 2.75) is 19.3 Å². The summed E-state index contributed by atoms with van der Waals surface area (Å²) in [6, 6.07) is 16.6. The molecule has 1 aliphatic rings. The number of rotatable bonds is 9. The van der Waals surface area contributed by atoms with Crippen LogP contribution in [0.4, 0.5) is 5.69 Å². The van der Waals surface area contributed by atoms with Gasteiger partial charge in [0.15, 0.2) is 0 Å². The normalized spacial score (nSPS) is 12.6. The van der Waals surface area contributed by atoms with Crippen LogP contribution in [0.5, 0.6) is 0 Å². The zero-order valence-corrected chi connectivity index (χ0v) is 18.9. The Morgan fingerprint density at radius 3 is 2.65 bits per heavy atom. The van der Waals surface area contributed by atoms with Crippen molar-refractivity contribution in [3.8, 4) is 17.3 Å². The van der Waals surface area contributed by atoms with Crippen molar-refractivity contribution >= 4 is 17.5 Å². The van der Waals surface area contributed by atoms with E-state index in [1.54, 1.807) is 43.6 Å². The molecule has 0 saturated heterocycles. The Bertz CT molecular complexity index is 1230. The summed E-state index contributed by atoms with van der Waals surface area (Å²) >= 11 is 0. The number of aromatic nitrogens is 2. The van der Waals surface area contributed by atoms with Crippen molar-refractivity contribution in [2.24, 2.45) is 5.92 Å². The minimum Gasteiger partial charge on any atom is -0.383 e. The summed E-state index contributed by atoms with van der Waals surface area (Å²) < 4.78 is 4.94. The number of benzene rings is 2. The van der Waals surface area contributed by atoms with Gasteiger partial charge in [-0.15, -0.1) is 0 Å². The van der Waals surface area contributed by atoms with Crippen molar-refractivity contribution in [2.75, 3.05) is 25.6 Å². The van der Waals surface area contributed by atoms with Gasteiger partial charge in [0.2, 0.25) is 5.91 Å². The minimum absolute atomic E-state index is 0.0351. The Balaban J connectivity index is 1.45. The van der Waals surface area contributed by atoms with E-state index >= 15 is 0 Å². The van der Waals surface area contributed by atoms with Gasteiger partial charge in [0.1, 0.15) is 11.9 Å². The Morgan fingerprint density at radius 1 is 1.15 bits per heavy atom. The average Bonchev–Trinajstić information content (AvgIpc) is 3.71. The van der Waals surface area contributed by atoms with Crippen molar-refractivity contribution in [1.82, 2.24) is 15.3 Å². The third-order valence-corrected chi connectivity index (χ3v) is 5.52. The molecule has 0 bridgehead atoms. The maximum Gasteiger partial charge on any atom is 0.251 e. The van der Waals surface area contributed by atoms with Crippen LogP contribution in [0, 0.1) is 17.2 Å². The Morgan fingerprint density at radius 2 is 1.94 bits per heavy atom. The third kappa shape index (κ3) is 5.82. The van der Waals surface area contributed by atoms with E-state index in [9.17, 15) is 14.9 Å². The van der Waals surface area contributed by atoms with E-state index in [1.165, 1.54) is 0 Å². The molecule has 1 aromatic heterocycles. The van der Waals surface area contributed by atoms with Crippen LogP contribution < -0.4 is 10.6 Å². The lowest BCUT2D eigenvalue weighted by Gasteiger charge is -2.09. The monoisotopic (exact) mass is 455 g/mol. The molecule has 172 valence electrons. The largest absolute Gasteiger partial charge is 0.383 e. The molecule has 8 heteroatoms. The highest BCUT2D eigenvalue weighted by Crippen LogP contribution is 2.31. The molecule has 0 atom stereocenters. The fourth-order valence-corrected chi connectivity index (χ4v) is 3.46. The molecule has 8 nitrogen and oxygen atoms in total. The summed E-state index contributed by atoms with van der Waals surface area (Å²) in [5, 5.41) is 15.2. The van der Waals surface area contributed by atoms with Gasteiger partial charge in [0, 0.05) is 43.3 Å². The number of ether oxygens (including phenoxy) is 1. The number of methoxy groups -OCH3 is 1. The lowest BCUT2D eigenvalue weighted by molar-refractivity contribution is -0.117. The molecule has 4 rings (SSSR count). The molecule has 34 heavy (non-hydrogen) atoms. The van der Waals surface area contributed by atoms with Gasteiger partial charge in [0.25, 0.3) is 5.91 Å². The second kappa shape index (κ2) is 10.7. The molecule has 0 unspecified atom stereocenters. The number of nitrogens with zero attached hydrogens (tertiary/aromatic N) is 3. The summed E-state index contributed by atoms with van der Waals surface area (Å²) in [6.45, 7) is 0.921. The number of hydrogen-bond donors (Lipinski definition) is 2. The quantitative estimate of drug-likeness (QED) is 0.478. The van der Waals surface area contributed by atoms with Gasteiger partial charge in [-0.1, -0.05) is 18.2 Å². The van der Waals surface area contributed by atoms with E-state index in [0.29, 0.717) is 47.9 Å². The Hall–Kier alpha value is -4.09. The van der Waals surface area contributed by atoms with Crippen molar-refractivity contribution in [1.29, 1.82) is 5.26 Å². The first kappa shape index (κ1) is 23.1. The molecule has 3 aromatic rings. The van der Waals surface area contributed by atoms with Crippen LogP contribution in [0.2, 0.25) is 0 Å². The van der Waals surface area contributed by atoms with Gasteiger partial charge in [-0.2, -0.15) is 5.26 Å².